The van der Waals surface area contributed by atoms with Gasteiger partial charge in [-0.15, -0.1) is 0 Å². The van der Waals surface area contributed by atoms with Gasteiger partial charge in [0.25, 0.3) is 0 Å². The number of benzene rings is 2. The number of H-pyrrole nitrogens is 1. The van der Waals surface area contributed by atoms with Crippen LogP contribution in [0.5, 0.6) is 0 Å². The number of rotatable bonds is 3. The fourth-order valence-electron chi connectivity index (χ4n) is 2.83. The highest BCUT2D eigenvalue weighted by molar-refractivity contribution is 5.72. The first-order valence-electron chi connectivity index (χ1n) is 10.8. The van der Waals surface area contributed by atoms with Crippen molar-refractivity contribution < 1.29 is 4.79 Å². The number of nitrogens with zero attached hydrogens (tertiary/aromatic N) is 6. The van der Waals surface area contributed by atoms with Crippen LogP contribution in [0.25, 0.3) is 22.9 Å². The van der Waals surface area contributed by atoms with E-state index in [2.05, 4.69) is 20.2 Å². The molecule has 5 rings (SSSR count). The maximum Gasteiger partial charge on any atom is 0.218 e. The summed E-state index contributed by atoms with van der Waals surface area (Å²) in [4.78, 5) is 19.9. The van der Waals surface area contributed by atoms with E-state index in [1.165, 1.54) is 11.8 Å². The molecule has 1 amide bonds. The highest BCUT2D eigenvalue weighted by Gasteiger charge is 2.09. The molecule has 34 heavy (non-hydrogen) atoms. The molecule has 8 heteroatoms. The Morgan fingerprint density at radius 1 is 0.912 bits per heavy atom. The van der Waals surface area contributed by atoms with Gasteiger partial charge in [-0.25, -0.2) is 9.97 Å². The van der Waals surface area contributed by atoms with E-state index >= 15 is 0 Å². The van der Waals surface area contributed by atoms with Crippen molar-refractivity contribution in [2.45, 2.75) is 13.8 Å². The van der Waals surface area contributed by atoms with Crippen LogP contribution < -0.4 is 0 Å². The van der Waals surface area contributed by atoms with Crippen molar-refractivity contribution in [3.8, 4) is 22.9 Å². The summed E-state index contributed by atoms with van der Waals surface area (Å²) in [6, 6.07) is 22.2. The third-order valence-electron chi connectivity index (χ3n) is 4.80. The molecule has 2 aromatic carbocycles. The number of para-hydroxylation sites is 2. The second-order valence-corrected chi connectivity index (χ2v) is 7.61. The number of aryl methyl sites for hydroxylation is 1. The lowest BCUT2D eigenvalue weighted by Gasteiger charge is -2.05. The quantitative estimate of drug-likeness (QED) is 0.433. The van der Waals surface area contributed by atoms with Gasteiger partial charge in [-0.2, -0.15) is 5.10 Å². The molecular formula is C26H29N7O. The van der Waals surface area contributed by atoms with E-state index in [0.717, 1.165) is 28.6 Å². The van der Waals surface area contributed by atoms with E-state index < -0.39 is 0 Å². The van der Waals surface area contributed by atoms with Gasteiger partial charge in [0.1, 0.15) is 5.69 Å². The molecule has 0 spiro atoms. The maximum atomic E-state index is 10.1. The first-order chi connectivity index (χ1) is 16.5. The second-order valence-electron chi connectivity index (χ2n) is 7.61. The Morgan fingerprint density at radius 2 is 1.53 bits per heavy atom. The predicted octanol–water partition coefficient (Wildman–Crippen LogP) is 4.54. The van der Waals surface area contributed by atoms with Gasteiger partial charge < -0.3 is 9.47 Å². The minimum absolute atomic E-state index is 0.0926. The molecule has 3 aromatic heterocycles. The van der Waals surface area contributed by atoms with Crippen molar-refractivity contribution in [3.05, 3.63) is 104 Å². The third kappa shape index (κ3) is 6.77. The average molecular weight is 456 g/mol. The van der Waals surface area contributed by atoms with Crippen LogP contribution in [0.3, 0.4) is 0 Å². The summed E-state index contributed by atoms with van der Waals surface area (Å²) in [6.07, 6.45) is 9.21. The van der Waals surface area contributed by atoms with Gasteiger partial charge in [0.05, 0.1) is 6.33 Å². The van der Waals surface area contributed by atoms with Crippen LogP contribution >= 0.6 is 0 Å². The van der Waals surface area contributed by atoms with E-state index in [9.17, 15) is 4.79 Å². The van der Waals surface area contributed by atoms with Crippen LogP contribution in [0.4, 0.5) is 0 Å². The summed E-state index contributed by atoms with van der Waals surface area (Å²) >= 11 is 0. The summed E-state index contributed by atoms with van der Waals surface area (Å²) in [5.74, 6) is 0.940. The lowest BCUT2D eigenvalue weighted by atomic mass is 10.3. The second kappa shape index (κ2) is 12.0. The molecule has 0 saturated heterocycles. The molecule has 3 heterocycles. The van der Waals surface area contributed by atoms with Crippen LogP contribution in [0, 0.1) is 6.92 Å². The van der Waals surface area contributed by atoms with E-state index in [1.807, 2.05) is 95.2 Å². The molecule has 1 N–H and O–H groups in total. The largest absolute Gasteiger partial charge is 0.349 e. The number of aromatic nitrogens is 6. The monoisotopic (exact) mass is 455 g/mol. The van der Waals surface area contributed by atoms with Crippen LogP contribution in [0.1, 0.15) is 12.6 Å². The van der Waals surface area contributed by atoms with Crippen molar-refractivity contribution in [3.63, 3.8) is 0 Å². The Bertz CT molecular complexity index is 1260. The molecule has 8 nitrogen and oxygen atoms in total. The van der Waals surface area contributed by atoms with E-state index in [4.69, 9.17) is 0 Å². The summed E-state index contributed by atoms with van der Waals surface area (Å²) in [5.41, 5.74) is 4.12. The van der Waals surface area contributed by atoms with Crippen molar-refractivity contribution >= 4 is 5.91 Å². The Morgan fingerprint density at radius 3 is 2.03 bits per heavy atom. The number of carbonyl (C=O) groups is 1. The molecule has 0 radical (unpaired) electrons. The first kappa shape index (κ1) is 24.2. The van der Waals surface area contributed by atoms with Crippen molar-refractivity contribution in [1.29, 1.82) is 0 Å². The molecule has 0 unspecified atom stereocenters. The fraction of sp³-hybridized carbons (Fsp3) is 0.154. The van der Waals surface area contributed by atoms with Gasteiger partial charge in [-0.1, -0.05) is 36.4 Å². The van der Waals surface area contributed by atoms with Crippen LogP contribution in [-0.4, -0.2) is 54.2 Å². The first-order valence-corrected chi connectivity index (χ1v) is 10.8. The molecule has 5 aromatic rings. The minimum Gasteiger partial charge on any atom is -0.349 e. The molecule has 0 bridgehead atoms. The topological polar surface area (TPSA) is 84.6 Å². The zero-order valence-corrected chi connectivity index (χ0v) is 19.8. The standard InChI is InChI=1S/C13H12N4.C9H8N2.C4H9NO/c1-10-9-12(16-15-10)13-14-7-8-17(13)11-5-3-2-4-6-11;1-2-4-9(5-3-1)11-7-6-10-8-11;1-4(6)5(2)3/h2-9H,1H3,(H,15,16);1-8H;1-3H3. The Balaban J connectivity index is 0.000000164. The van der Waals surface area contributed by atoms with Crippen LogP contribution in [0.2, 0.25) is 0 Å². The molecule has 0 aliphatic rings. The summed E-state index contributed by atoms with van der Waals surface area (Å²) in [5, 5.41) is 7.17. The lowest BCUT2D eigenvalue weighted by Crippen LogP contribution is -2.17. The SMILES string of the molecule is CC(=O)N(C)C.Cc1cc(-c2nccn2-c2ccccc2)n[nH]1.c1ccc(-n2ccnc2)cc1. The van der Waals surface area contributed by atoms with E-state index in [-0.39, 0.29) is 5.91 Å². The molecule has 0 atom stereocenters. The average Bonchev–Trinajstić information content (AvgIpc) is 3.63. The summed E-state index contributed by atoms with van der Waals surface area (Å²) < 4.78 is 4.00. The number of nitrogens with one attached hydrogen (secondary N) is 1. The van der Waals surface area contributed by atoms with E-state index in [0.29, 0.717) is 0 Å². The summed E-state index contributed by atoms with van der Waals surface area (Å²) in [7, 11) is 3.45. The van der Waals surface area contributed by atoms with Gasteiger partial charge in [-0.3, -0.25) is 14.5 Å². The Labute approximate surface area is 199 Å². The molecule has 174 valence electrons. The van der Waals surface area contributed by atoms with Crippen molar-refractivity contribution in [2.24, 2.45) is 0 Å². The smallest absolute Gasteiger partial charge is 0.218 e. The number of aromatic amines is 1. The zero-order valence-electron chi connectivity index (χ0n) is 19.8. The van der Waals surface area contributed by atoms with Gasteiger partial charge in [-0.05, 0) is 37.3 Å². The van der Waals surface area contributed by atoms with Gasteiger partial charge >= 0.3 is 0 Å². The number of carbonyl (C=O) groups excluding carboxylic acids is 1. The number of hydrogen-bond donors (Lipinski definition) is 1. The van der Waals surface area contributed by atoms with Gasteiger partial charge in [0.2, 0.25) is 5.91 Å². The van der Waals surface area contributed by atoms with E-state index in [1.54, 1.807) is 32.8 Å². The molecule has 0 saturated carbocycles. The highest BCUT2D eigenvalue weighted by Crippen LogP contribution is 2.19. The fourth-order valence-corrected chi connectivity index (χ4v) is 2.83. The molecule has 0 aliphatic carbocycles. The lowest BCUT2D eigenvalue weighted by molar-refractivity contribution is -0.126. The minimum atomic E-state index is 0.0926. The molecule has 0 fully saturated rings. The van der Waals surface area contributed by atoms with Gasteiger partial charge in [0, 0.05) is 62.9 Å². The normalized spacial score (nSPS) is 9.88. The van der Waals surface area contributed by atoms with Gasteiger partial charge in [0.15, 0.2) is 5.82 Å². The maximum absolute atomic E-state index is 10.1. The van der Waals surface area contributed by atoms with Crippen molar-refractivity contribution in [1.82, 2.24) is 34.2 Å². The number of hydrogen-bond acceptors (Lipinski definition) is 4. The highest BCUT2D eigenvalue weighted by atomic mass is 16.2. The number of amides is 1. The molecular weight excluding hydrogens is 426 g/mol. The predicted molar refractivity (Wildman–Crippen MR) is 134 cm³/mol. The molecule has 0 aliphatic heterocycles. The Hall–Kier alpha value is -4.46. The van der Waals surface area contributed by atoms with Crippen molar-refractivity contribution in [2.75, 3.05) is 14.1 Å². The zero-order chi connectivity index (χ0) is 24.3. The van der Waals surface area contributed by atoms with Crippen LogP contribution in [0.15, 0.2) is 97.8 Å². The number of imidazole rings is 2. The Kier molecular flexibility index (Phi) is 8.51. The van der Waals surface area contributed by atoms with Crippen LogP contribution in [-0.2, 0) is 4.79 Å². The summed E-state index contributed by atoms with van der Waals surface area (Å²) in [6.45, 7) is 3.51. The third-order valence-corrected chi connectivity index (χ3v) is 4.80.